The Hall–Kier alpha value is -0.570. The number of rotatable bonds is 5. The molecule has 0 heterocycles. The molecule has 0 fully saturated rings. The van der Waals surface area contributed by atoms with Crippen LogP contribution in [0.4, 0.5) is 0 Å². The van der Waals surface area contributed by atoms with Crippen LogP contribution in [0, 0.1) is 5.21 Å². The van der Waals surface area contributed by atoms with Crippen molar-refractivity contribution in [3.05, 3.63) is 5.21 Å². The van der Waals surface area contributed by atoms with Crippen LogP contribution in [0.25, 0.3) is 0 Å². The van der Waals surface area contributed by atoms with Gasteiger partial charge in [0.15, 0.2) is 7.05 Å². The summed E-state index contributed by atoms with van der Waals surface area (Å²) in [5.41, 5.74) is 2.58. The summed E-state index contributed by atoms with van der Waals surface area (Å²) in [7, 11) is 4.44. The van der Waals surface area contributed by atoms with Crippen LogP contribution < -0.4 is 10.8 Å². The van der Waals surface area contributed by atoms with Gasteiger partial charge in [-0.05, 0) is 5.34 Å². The fourth-order valence-electron chi connectivity index (χ4n) is 0.352. The average molecular weight is 165 g/mol. The summed E-state index contributed by atoms with van der Waals surface area (Å²) in [5, 5.41) is 12.8. The lowest BCUT2D eigenvalue weighted by Crippen LogP contribution is -3.04. The third-order valence-corrected chi connectivity index (χ3v) is 1.14. The van der Waals surface area contributed by atoms with Gasteiger partial charge in [0.2, 0.25) is 0 Å². The van der Waals surface area contributed by atoms with Crippen LogP contribution in [-0.2, 0) is 9.78 Å². The first kappa shape index (κ1) is 10.4. The van der Waals surface area contributed by atoms with E-state index in [1.54, 1.807) is 7.05 Å². The number of quaternary nitrogens is 2. The van der Waals surface area contributed by atoms with Crippen molar-refractivity contribution in [2.45, 2.75) is 0 Å². The highest BCUT2D eigenvalue weighted by atomic mass is 17.2. The Kier molecular flexibility index (Phi) is 4.11. The van der Waals surface area contributed by atoms with Gasteiger partial charge in [-0.15, -0.1) is 4.84 Å². The lowest BCUT2D eigenvalue weighted by atomic mass is 11.3. The lowest BCUT2D eigenvalue weighted by molar-refractivity contribution is -1.41. The molecule has 0 spiro atoms. The molecular formula is C4H13N4O3+. The lowest BCUT2D eigenvalue weighted by Gasteiger charge is -2.24. The van der Waals surface area contributed by atoms with E-state index in [-0.39, 0.29) is 0 Å². The molecule has 0 aliphatic heterocycles. The first-order valence-electron chi connectivity index (χ1n) is 2.89. The van der Waals surface area contributed by atoms with Crippen LogP contribution in [0.2, 0.25) is 0 Å². The SMILES string of the molecule is C=N[NH+]([O-])O[N+](C)(NC)OC. The highest BCUT2D eigenvalue weighted by molar-refractivity contribution is 5.20. The summed E-state index contributed by atoms with van der Waals surface area (Å²) in [6, 6.07) is 0. The van der Waals surface area contributed by atoms with Crippen molar-refractivity contribution in [2.24, 2.45) is 5.10 Å². The van der Waals surface area contributed by atoms with Crippen LogP contribution in [-0.4, -0.2) is 32.8 Å². The number of hydrogen-bond donors (Lipinski definition) is 2. The zero-order valence-corrected chi connectivity index (χ0v) is 6.83. The number of hydroxylamine groups is 2. The van der Waals surface area contributed by atoms with Crippen molar-refractivity contribution in [2.75, 3.05) is 21.2 Å². The molecule has 0 saturated carbocycles. The number of nitrogens with one attached hydrogen (secondary N) is 2. The van der Waals surface area contributed by atoms with Crippen molar-refractivity contribution >= 4 is 6.72 Å². The molecule has 11 heavy (non-hydrogen) atoms. The minimum Gasteiger partial charge on any atom is -0.568 e. The van der Waals surface area contributed by atoms with E-state index in [2.05, 4.69) is 22.2 Å². The minimum absolute atomic E-state index is 0.502. The molecule has 0 aliphatic carbocycles. The molecule has 2 atom stereocenters. The summed E-state index contributed by atoms with van der Waals surface area (Å²) in [5.74, 6) is 0. The average Bonchev–Trinajstić information content (AvgIpc) is 2.04. The van der Waals surface area contributed by atoms with E-state index in [9.17, 15) is 5.21 Å². The van der Waals surface area contributed by atoms with Gasteiger partial charge in [0.05, 0.1) is 16.6 Å². The maximum Gasteiger partial charge on any atom is 0.159 e. The molecule has 66 valence electrons. The van der Waals surface area contributed by atoms with Crippen LogP contribution in [0.5, 0.6) is 0 Å². The predicted octanol–water partition coefficient (Wildman–Crippen LogP) is -2.03. The fourth-order valence-corrected chi connectivity index (χ4v) is 0.352. The Balaban J connectivity index is 3.95. The molecule has 7 heteroatoms. The smallest absolute Gasteiger partial charge is 0.159 e. The van der Waals surface area contributed by atoms with Gasteiger partial charge in [0.1, 0.15) is 7.11 Å². The van der Waals surface area contributed by atoms with Gasteiger partial charge < -0.3 is 5.21 Å². The zero-order valence-electron chi connectivity index (χ0n) is 6.83. The Morgan fingerprint density at radius 3 is 2.55 bits per heavy atom. The summed E-state index contributed by atoms with van der Waals surface area (Å²) >= 11 is 0. The first-order valence-corrected chi connectivity index (χ1v) is 2.89. The molecule has 0 bridgehead atoms. The van der Waals surface area contributed by atoms with E-state index < -0.39 is 10.3 Å². The standard InChI is InChI=1S/C4H13N4O3/c1-5-7(9)11-8(3,6-2)10-4/h6-7H,1H2,2-4H3/q+1. The monoisotopic (exact) mass is 165 g/mol. The van der Waals surface area contributed by atoms with Gasteiger partial charge in [-0.2, -0.15) is 0 Å². The third-order valence-electron chi connectivity index (χ3n) is 1.14. The summed E-state index contributed by atoms with van der Waals surface area (Å²) in [4.78, 5) is 8.87. The fraction of sp³-hybridized carbons (Fsp3) is 0.750. The molecule has 0 aromatic carbocycles. The van der Waals surface area contributed by atoms with Crippen LogP contribution >= 0.6 is 0 Å². The van der Waals surface area contributed by atoms with E-state index in [0.29, 0.717) is 0 Å². The van der Waals surface area contributed by atoms with E-state index in [1.807, 2.05) is 0 Å². The van der Waals surface area contributed by atoms with E-state index in [0.717, 1.165) is 0 Å². The molecule has 0 saturated heterocycles. The second-order valence-electron chi connectivity index (χ2n) is 1.77. The molecule has 0 aromatic rings. The normalized spacial score (nSPS) is 18.9. The predicted molar refractivity (Wildman–Crippen MR) is 37.2 cm³/mol. The van der Waals surface area contributed by atoms with Crippen LogP contribution in [0.15, 0.2) is 5.10 Å². The van der Waals surface area contributed by atoms with E-state index in [1.165, 1.54) is 14.2 Å². The van der Waals surface area contributed by atoms with Gasteiger partial charge in [0.25, 0.3) is 0 Å². The van der Waals surface area contributed by atoms with Crippen molar-refractivity contribution in [3.63, 3.8) is 0 Å². The molecular weight excluding hydrogens is 152 g/mol. The van der Waals surface area contributed by atoms with Crippen molar-refractivity contribution < 1.29 is 20.0 Å². The van der Waals surface area contributed by atoms with Gasteiger partial charge in [-0.25, -0.2) is 0 Å². The third kappa shape index (κ3) is 3.37. The molecule has 2 unspecified atom stereocenters. The van der Waals surface area contributed by atoms with Crippen LogP contribution in [0.1, 0.15) is 0 Å². The second-order valence-corrected chi connectivity index (χ2v) is 1.77. The molecule has 0 rings (SSSR count). The highest BCUT2D eigenvalue weighted by Gasteiger charge is 2.27. The van der Waals surface area contributed by atoms with Gasteiger partial charge in [-0.1, -0.05) is 10.5 Å². The van der Waals surface area contributed by atoms with Gasteiger partial charge >= 0.3 is 0 Å². The minimum atomic E-state index is -0.802. The van der Waals surface area contributed by atoms with E-state index in [4.69, 9.17) is 4.84 Å². The van der Waals surface area contributed by atoms with Crippen molar-refractivity contribution in [1.82, 2.24) is 5.43 Å². The molecule has 0 radical (unpaired) electrons. The summed E-state index contributed by atoms with van der Waals surface area (Å²) < 4.78 is 0. The van der Waals surface area contributed by atoms with Crippen molar-refractivity contribution in [3.8, 4) is 0 Å². The first-order chi connectivity index (χ1) is 5.08. The molecule has 7 nitrogen and oxygen atoms in total. The highest BCUT2D eigenvalue weighted by Crippen LogP contribution is 1.91. The molecule has 2 N–H and O–H groups in total. The Morgan fingerprint density at radius 1 is 1.73 bits per heavy atom. The van der Waals surface area contributed by atoms with E-state index >= 15 is 0 Å². The molecule has 0 aliphatic rings. The maximum atomic E-state index is 10.6. The Bertz CT molecular complexity index is 127. The number of hydrogen-bond acceptors (Lipinski definition) is 5. The quantitative estimate of drug-likeness (QED) is 0.280. The summed E-state index contributed by atoms with van der Waals surface area (Å²) in [6.07, 6.45) is 0. The second kappa shape index (κ2) is 4.34. The maximum absolute atomic E-state index is 10.6. The Labute approximate surface area is 64.8 Å². The van der Waals surface area contributed by atoms with Gasteiger partial charge in [-0.3, -0.25) is 0 Å². The summed E-state index contributed by atoms with van der Waals surface area (Å²) in [6.45, 7) is 3.00. The van der Waals surface area contributed by atoms with Crippen LogP contribution in [0.3, 0.4) is 0 Å². The molecule has 0 amide bonds. The van der Waals surface area contributed by atoms with Gasteiger partial charge in [0, 0.05) is 7.05 Å². The Morgan fingerprint density at radius 2 is 2.27 bits per heavy atom. The zero-order chi connectivity index (χ0) is 8.91. The topological polar surface area (TPSA) is 70.4 Å². The molecule has 0 aromatic heterocycles. The largest absolute Gasteiger partial charge is 0.568 e. The van der Waals surface area contributed by atoms with Crippen molar-refractivity contribution in [1.29, 1.82) is 0 Å². The number of nitrogens with zero attached hydrogens (tertiary/aromatic N) is 2.